The maximum Gasteiger partial charge on any atom is 0.187 e. The van der Waals surface area contributed by atoms with Crippen molar-refractivity contribution in [3.63, 3.8) is 0 Å². The molecular formula is C13H7Cl2FO2. The van der Waals surface area contributed by atoms with E-state index >= 15 is 0 Å². The summed E-state index contributed by atoms with van der Waals surface area (Å²) in [5.74, 6) is -0.586. The second-order valence-corrected chi connectivity index (χ2v) is 4.27. The molecule has 0 unspecified atom stereocenters. The van der Waals surface area contributed by atoms with Gasteiger partial charge in [0.15, 0.2) is 5.78 Å². The molecule has 0 N–H and O–H groups in total. The Morgan fingerprint density at radius 3 is 2.72 bits per heavy atom. The Labute approximate surface area is 113 Å². The molecule has 92 valence electrons. The third-order valence-corrected chi connectivity index (χ3v) is 2.82. The molecule has 1 aromatic carbocycles. The average Bonchev–Trinajstić information content (AvgIpc) is 2.84. The molecule has 0 saturated carbocycles. The van der Waals surface area contributed by atoms with Gasteiger partial charge in [0, 0.05) is 5.56 Å². The average molecular weight is 285 g/mol. The fourth-order valence-electron chi connectivity index (χ4n) is 1.35. The summed E-state index contributed by atoms with van der Waals surface area (Å²) in [5, 5.41) is -0.0120. The number of halogens is 3. The molecule has 0 radical (unpaired) electrons. The van der Waals surface area contributed by atoms with E-state index in [9.17, 15) is 9.18 Å². The van der Waals surface area contributed by atoms with E-state index in [-0.39, 0.29) is 15.6 Å². The molecule has 0 spiro atoms. The van der Waals surface area contributed by atoms with E-state index in [0.717, 1.165) is 6.07 Å². The second-order valence-electron chi connectivity index (χ2n) is 3.46. The van der Waals surface area contributed by atoms with Crippen molar-refractivity contribution in [1.29, 1.82) is 0 Å². The third kappa shape index (κ3) is 2.81. The van der Waals surface area contributed by atoms with Crippen LogP contribution in [0.3, 0.4) is 0 Å². The molecule has 2 rings (SSSR count). The lowest BCUT2D eigenvalue weighted by Crippen LogP contribution is -1.97. The van der Waals surface area contributed by atoms with Crippen molar-refractivity contribution in [3.05, 3.63) is 63.8 Å². The van der Waals surface area contributed by atoms with E-state index in [0.29, 0.717) is 5.76 Å². The maximum atomic E-state index is 13.2. The first kappa shape index (κ1) is 12.9. The number of furan rings is 1. The number of carbonyl (C=O) groups is 1. The number of hydrogen-bond acceptors (Lipinski definition) is 2. The molecular weight excluding hydrogens is 278 g/mol. The maximum absolute atomic E-state index is 13.2. The van der Waals surface area contributed by atoms with Crippen LogP contribution in [0.15, 0.2) is 41.0 Å². The smallest absolute Gasteiger partial charge is 0.187 e. The largest absolute Gasteiger partial charge is 0.465 e. The van der Waals surface area contributed by atoms with Crippen LogP contribution in [-0.2, 0) is 0 Å². The lowest BCUT2D eigenvalue weighted by atomic mass is 10.1. The van der Waals surface area contributed by atoms with E-state index in [1.165, 1.54) is 24.5 Å². The SMILES string of the molecule is O=C(C=Cc1ccco1)c1cc(F)c(Cl)cc1Cl. The van der Waals surface area contributed by atoms with Crippen LogP contribution >= 0.6 is 23.2 Å². The molecule has 2 nitrogen and oxygen atoms in total. The fourth-order valence-corrected chi connectivity index (χ4v) is 1.82. The Bertz CT molecular complexity index is 604. The van der Waals surface area contributed by atoms with Gasteiger partial charge in [-0.05, 0) is 36.4 Å². The van der Waals surface area contributed by atoms with Crippen molar-refractivity contribution >= 4 is 35.1 Å². The molecule has 0 aliphatic heterocycles. The van der Waals surface area contributed by atoms with Crippen LogP contribution in [0, 0.1) is 5.82 Å². The molecule has 0 bridgehead atoms. The Morgan fingerprint density at radius 2 is 2.06 bits per heavy atom. The van der Waals surface area contributed by atoms with Gasteiger partial charge in [0.05, 0.1) is 16.3 Å². The van der Waals surface area contributed by atoms with Crippen LogP contribution in [0.25, 0.3) is 6.08 Å². The van der Waals surface area contributed by atoms with E-state index in [2.05, 4.69) is 0 Å². The molecule has 1 aromatic heterocycles. The topological polar surface area (TPSA) is 30.2 Å². The van der Waals surface area contributed by atoms with Crippen molar-refractivity contribution in [2.75, 3.05) is 0 Å². The summed E-state index contributed by atoms with van der Waals surface area (Å²) < 4.78 is 18.3. The van der Waals surface area contributed by atoms with Crippen LogP contribution in [0.5, 0.6) is 0 Å². The van der Waals surface area contributed by atoms with Gasteiger partial charge in [-0.15, -0.1) is 0 Å². The lowest BCUT2D eigenvalue weighted by molar-refractivity contribution is 0.104. The van der Waals surface area contributed by atoms with Gasteiger partial charge in [0.2, 0.25) is 0 Å². The summed E-state index contributed by atoms with van der Waals surface area (Å²) in [5.41, 5.74) is 0.0568. The number of hydrogen-bond donors (Lipinski definition) is 0. The van der Waals surface area contributed by atoms with Gasteiger partial charge in [-0.3, -0.25) is 4.79 Å². The highest BCUT2D eigenvalue weighted by Crippen LogP contribution is 2.25. The molecule has 5 heteroatoms. The minimum atomic E-state index is -0.684. The zero-order valence-corrected chi connectivity index (χ0v) is 10.5. The molecule has 0 atom stereocenters. The summed E-state index contributed by atoms with van der Waals surface area (Å²) in [7, 11) is 0. The molecule has 0 aliphatic rings. The standard InChI is InChI=1S/C13H7Cl2FO2/c14-10-7-11(15)12(16)6-9(10)13(17)4-3-8-2-1-5-18-8/h1-7H. The number of benzene rings is 1. The zero-order valence-electron chi connectivity index (χ0n) is 8.99. The molecule has 0 fully saturated rings. The summed E-state index contributed by atoms with van der Waals surface area (Å²) >= 11 is 11.4. The number of allylic oxidation sites excluding steroid dienone is 1. The normalized spacial score (nSPS) is 11.1. The predicted molar refractivity (Wildman–Crippen MR) is 68.5 cm³/mol. The first-order chi connectivity index (χ1) is 8.58. The number of ketones is 1. The van der Waals surface area contributed by atoms with Gasteiger partial charge in [-0.1, -0.05) is 23.2 Å². The van der Waals surface area contributed by atoms with Crippen LogP contribution in [0.1, 0.15) is 16.1 Å². The monoisotopic (exact) mass is 284 g/mol. The Morgan fingerprint density at radius 1 is 1.28 bits per heavy atom. The van der Waals surface area contributed by atoms with Crippen molar-refractivity contribution in [3.8, 4) is 0 Å². The minimum absolute atomic E-state index is 0.0568. The van der Waals surface area contributed by atoms with Crippen molar-refractivity contribution < 1.29 is 13.6 Å². The Balaban J connectivity index is 2.27. The van der Waals surface area contributed by atoms with Crippen LogP contribution in [0.4, 0.5) is 4.39 Å². The van der Waals surface area contributed by atoms with Crippen molar-refractivity contribution in [2.45, 2.75) is 0 Å². The molecule has 0 amide bonds. The zero-order chi connectivity index (χ0) is 13.1. The summed E-state index contributed by atoms with van der Waals surface area (Å²) in [6.07, 6.45) is 4.22. The first-order valence-corrected chi connectivity index (χ1v) is 5.74. The van der Waals surface area contributed by atoms with E-state index in [1.807, 2.05) is 0 Å². The van der Waals surface area contributed by atoms with Gasteiger partial charge in [-0.25, -0.2) is 4.39 Å². The third-order valence-electron chi connectivity index (χ3n) is 2.22. The van der Waals surface area contributed by atoms with Crippen molar-refractivity contribution in [2.24, 2.45) is 0 Å². The predicted octanol–water partition coefficient (Wildman–Crippen LogP) is 4.62. The Kier molecular flexibility index (Phi) is 3.84. The number of rotatable bonds is 3. The van der Waals surface area contributed by atoms with E-state index in [4.69, 9.17) is 27.6 Å². The second kappa shape index (κ2) is 5.38. The van der Waals surface area contributed by atoms with Gasteiger partial charge in [0.1, 0.15) is 11.6 Å². The summed E-state index contributed by atoms with van der Waals surface area (Å²) in [4.78, 5) is 11.8. The summed E-state index contributed by atoms with van der Waals surface area (Å²) in [6.45, 7) is 0. The van der Waals surface area contributed by atoms with Gasteiger partial charge >= 0.3 is 0 Å². The highest BCUT2D eigenvalue weighted by molar-refractivity contribution is 6.37. The van der Waals surface area contributed by atoms with Crippen LogP contribution < -0.4 is 0 Å². The van der Waals surface area contributed by atoms with Crippen molar-refractivity contribution in [1.82, 2.24) is 0 Å². The molecule has 0 saturated heterocycles. The molecule has 18 heavy (non-hydrogen) atoms. The van der Waals surface area contributed by atoms with Gasteiger partial charge in [0.25, 0.3) is 0 Å². The molecule has 2 aromatic rings. The highest BCUT2D eigenvalue weighted by atomic mass is 35.5. The van der Waals surface area contributed by atoms with Crippen LogP contribution in [0.2, 0.25) is 10.0 Å². The van der Waals surface area contributed by atoms with Gasteiger partial charge in [-0.2, -0.15) is 0 Å². The minimum Gasteiger partial charge on any atom is -0.465 e. The molecule has 0 aliphatic carbocycles. The molecule has 1 heterocycles. The fraction of sp³-hybridized carbons (Fsp3) is 0. The van der Waals surface area contributed by atoms with Gasteiger partial charge < -0.3 is 4.42 Å². The van der Waals surface area contributed by atoms with E-state index < -0.39 is 11.6 Å². The highest BCUT2D eigenvalue weighted by Gasteiger charge is 2.12. The van der Waals surface area contributed by atoms with E-state index in [1.54, 1.807) is 12.1 Å². The lowest BCUT2D eigenvalue weighted by Gasteiger charge is -2.01. The summed E-state index contributed by atoms with van der Waals surface area (Å²) in [6, 6.07) is 5.60. The first-order valence-electron chi connectivity index (χ1n) is 4.98. The van der Waals surface area contributed by atoms with Crippen LogP contribution in [-0.4, -0.2) is 5.78 Å². The Hall–Kier alpha value is -1.58. The number of carbonyl (C=O) groups excluding carboxylic acids is 1. The quantitative estimate of drug-likeness (QED) is 0.468.